The van der Waals surface area contributed by atoms with E-state index in [1.54, 1.807) is 29.8 Å². The first-order chi connectivity index (χ1) is 37.4. The summed E-state index contributed by atoms with van der Waals surface area (Å²) in [6.07, 6.45) is 0.265. The van der Waals surface area contributed by atoms with Crippen LogP contribution in [0.4, 0.5) is 0 Å². The fourth-order valence-corrected chi connectivity index (χ4v) is 8.43. The third kappa shape index (κ3) is 23.8. The first-order valence-corrected chi connectivity index (χ1v) is 28.2. The highest BCUT2D eigenvalue weighted by atomic mass is 32.2. The highest BCUT2D eigenvalue weighted by Gasteiger charge is 2.20. The van der Waals surface area contributed by atoms with Crippen molar-refractivity contribution < 1.29 is 64.6 Å². The van der Waals surface area contributed by atoms with Gasteiger partial charge >= 0.3 is 5.69 Å². The molecule has 0 aliphatic rings. The number of β-amino-alcohol motifs (C(OH)–C–C–N with tert-alkyl or cyclic N) is 3. The summed E-state index contributed by atoms with van der Waals surface area (Å²) in [5, 5.41) is 118. The zero-order valence-corrected chi connectivity index (χ0v) is 49.2. The molecule has 0 aliphatic heterocycles. The molecular weight excluding hydrogens is 1070 g/mol. The Labute approximate surface area is 473 Å². The van der Waals surface area contributed by atoms with Crippen LogP contribution in [0.3, 0.4) is 0 Å². The van der Waals surface area contributed by atoms with Crippen molar-refractivity contribution in [2.24, 2.45) is 14.1 Å². The van der Waals surface area contributed by atoms with Crippen LogP contribution >= 0.6 is 0 Å². The summed E-state index contributed by atoms with van der Waals surface area (Å²) in [5.41, 5.74) is 2.56. The molecule has 0 spiro atoms. The lowest BCUT2D eigenvalue weighted by Crippen LogP contribution is -2.38. The number of aliphatic hydroxyl groups is 5. The van der Waals surface area contributed by atoms with E-state index in [-0.39, 0.29) is 75.6 Å². The van der Waals surface area contributed by atoms with Gasteiger partial charge in [0.25, 0.3) is 5.56 Å². The summed E-state index contributed by atoms with van der Waals surface area (Å²) >= 11 is 0. The first kappa shape index (κ1) is 68.7. The lowest BCUT2D eigenvalue weighted by atomic mass is 10.0. The van der Waals surface area contributed by atoms with Crippen LogP contribution in [-0.4, -0.2) is 139 Å². The number of sulfone groups is 1. The summed E-state index contributed by atoms with van der Waals surface area (Å²) in [5.74, 6) is -0.599. The van der Waals surface area contributed by atoms with Crippen LogP contribution in [-0.2, 0) is 42.8 Å². The average Bonchev–Trinajstić information content (AvgIpc) is 3.83. The molecule has 24 heteroatoms. The Bertz CT molecular complexity index is 3170. The van der Waals surface area contributed by atoms with Crippen LogP contribution in [0.15, 0.2) is 88.7 Å². The number of benzene rings is 4. The number of imidazole rings is 1. The van der Waals surface area contributed by atoms with Gasteiger partial charge in [-0.1, -0.05) is 12.1 Å². The van der Waals surface area contributed by atoms with Gasteiger partial charge < -0.3 is 82.0 Å². The number of aryl methyl sites for hydroxylation is 2. The molecule has 0 fully saturated rings. The minimum Gasteiger partial charge on any atom is -0.508 e. The van der Waals surface area contributed by atoms with E-state index in [4.69, 9.17) is 5.11 Å². The molecule has 15 N–H and O–H groups in total. The molecule has 0 aliphatic carbocycles. The van der Waals surface area contributed by atoms with Gasteiger partial charge in [-0.05, 0) is 146 Å². The maximum atomic E-state index is 12.4. The zero-order valence-electron chi connectivity index (χ0n) is 48.4. The number of aromatic nitrogens is 4. The van der Waals surface area contributed by atoms with Crippen LogP contribution in [0, 0.1) is 0 Å². The summed E-state index contributed by atoms with van der Waals surface area (Å²) in [6, 6.07) is 17.4. The van der Waals surface area contributed by atoms with Crippen LogP contribution in [0.1, 0.15) is 127 Å². The van der Waals surface area contributed by atoms with Crippen LogP contribution < -0.4 is 32.5 Å². The lowest BCUT2D eigenvalue weighted by molar-refractivity contribution is 0.162. The van der Waals surface area contributed by atoms with E-state index < -0.39 is 39.9 Å². The number of aliphatic hydroxyl groups excluding tert-OH is 5. The fraction of sp³-hybridized carbons (Fsp3) is 0.491. The molecule has 4 unspecified atom stereocenters. The summed E-state index contributed by atoms with van der Waals surface area (Å²) in [6.45, 7) is 20.3. The number of aromatic hydroxyl groups is 6. The van der Waals surface area contributed by atoms with Gasteiger partial charge in [-0.2, -0.15) is 0 Å². The Hall–Kier alpha value is -6.58. The van der Waals surface area contributed by atoms with Gasteiger partial charge in [0, 0.05) is 93.0 Å². The van der Waals surface area contributed by atoms with Crippen LogP contribution in [0.2, 0.25) is 0 Å². The molecule has 4 atom stereocenters. The molecule has 0 amide bonds. The van der Waals surface area contributed by atoms with Crippen molar-refractivity contribution in [1.82, 2.24) is 40.0 Å². The van der Waals surface area contributed by atoms with Crippen LogP contribution in [0.5, 0.6) is 34.5 Å². The van der Waals surface area contributed by atoms with E-state index in [2.05, 4.69) is 26.3 Å². The SMILES string of the molecule is CC(C)(C)NCC(O)c1cc(O)cc(O)c1.CC(C)(C)NCC(O)c1ccc(O)c(CO)c1.CC(C)(C)NCC(O)c1ccc(O)c(CS(C)(=O)=O)c1.Cn1c(=O)c2c(ncn2CCCNCC(O)c2cc(O)cc(O)c2)n(C)c1=O. The molecule has 6 aromatic rings. The van der Waals surface area contributed by atoms with Gasteiger partial charge in [-0.3, -0.25) is 13.9 Å². The van der Waals surface area contributed by atoms with E-state index in [9.17, 15) is 69.1 Å². The Balaban J connectivity index is 0.000000292. The van der Waals surface area contributed by atoms with Crippen LogP contribution in [0.25, 0.3) is 11.2 Å². The molecule has 0 saturated carbocycles. The molecule has 2 heterocycles. The van der Waals surface area contributed by atoms with E-state index in [0.29, 0.717) is 83.7 Å². The monoisotopic (exact) mass is 1150 g/mol. The summed E-state index contributed by atoms with van der Waals surface area (Å²) < 4.78 is 26.7. The molecule has 2 aromatic heterocycles. The van der Waals surface area contributed by atoms with Crippen molar-refractivity contribution in [2.75, 3.05) is 39.0 Å². The van der Waals surface area contributed by atoms with E-state index in [1.807, 2.05) is 62.3 Å². The third-order valence-corrected chi connectivity index (χ3v) is 12.8. The zero-order chi connectivity index (χ0) is 61.4. The molecule has 4 aromatic carbocycles. The molecule has 450 valence electrons. The normalized spacial score (nSPS) is 13.4. The third-order valence-electron chi connectivity index (χ3n) is 12.0. The first-order valence-electron chi connectivity index (χ1n) is 26.2. The van der Waals surface area contributed by atoms with Crippen molar-refractivity contribution in [3.05, 3.63) is 133 Å². The maximum Gasteiger partial charge on any atom is 0.332 e. The highest BCUT2D eigenvalue weighted by molar-refractivity contribution is 7.89. The Morgan fingerprint density at radius 3 is 1.36 bits per heavy atom. The lowest BCUT2D eigenvalue weighted by Gasteiger charge is -2.23. The Morgan fingerprint density at radius 1 is 0.556 bits per heavy atom. The largest absolute Gasteiger partial charge is 0.508 e. The minimum absolute atomic E-state index is 0.0484. The predicted molar refractivity (Wildman–Crippen MR) is 311 cm³/mol. The number of nitrogens with zero attached hydrogens (tertiary/aromatic N) is 4. The Kier molecular flexibility index (Phi) is 25.4. The topological polar surface area (TPSA) is 367 Å². The quantitative estimate of drug-likeness (QED) is 0.0514. The van der Waals surface area contributed by atoms with Crippen molar-refractivity contribution in [2.45, 2.75) is 129 Å². The van der Waals surface area contributed by atoms with Gasteiger partial charge in [0.2, 0.25) is 0 Å². The number of hydrogen-bond donors (Lipinski definition) is 15. The number of nitrogens with one attached hydrogen (secondary N) is 4. The van der Waals surface area contributed by atoms with Crippen molar-refractivity contribution in [3.63, 3.8) is 0 Å². The molecule has 6 rings (SSSR count). The molecule has 0 saturated heterocycles. The molecule has 0 radical (unpaired) electrons. The standard InChI is InChI=1S/C18H23N5O5.C14H23NO4S.C13H21NO3.C12H19NO3/c1-21-16-15(17(27)22(2)18(21)28)23(10-20-16)5-3-4-19-9-14(26)11-6-12(24)8-13(25)7-11;1-14(2,3)15-8-13(17)10-5-6-12(16)11(7-10)9-20(4,18)19;1-13(2,3)14-7-12(17)9-4-5-11(16)10(6-9)8-15;1-12(2,3)13-7-11(16)8-4-9(14)6-10(15)5-8/h6-8,10,14,19,24-26H,3-5,9H2,1-2H3;5-7,13,15-17H,8-9H2,1-4H3;4-6,12,14-17H,7-8H2,1-3H3;4-6,11,13-16H,7H2,1-3H3. The van der Waals surface area contributed by atoms with Gasteiger partial charge in [-0.15, -0.1) is 0 Å². The van der Waals surface area contributed by atoms with E-state index in [1.165, 1.54) is 72.5 Å². The number of fused-ring (bicyclic) bond motifs is 1. The van der Waals surface area contributed by atoms with E-state index in [0.717, 1.165) is 10.8 Å². The van der Waals surface area contributed by atoms with Gasteiger partial charge in [0.05, 0.1) is 43.1 Å². The van der Waals surface area contributed by atoms with E-state index >= 15 is 0 Å². The number of rotatable bonds is 19. The summed E-state index contributed by atoms with van der Waals surface area (Å²) in [4.78, 5) is 28.5. The molecule has 23 nitrogen and oxygen atoms in total. The second kappa shape index (κ2) is 29.9. The number of hydrogen-bond acceptors (Lipinski definition) is 20. The average molecular weight is 1160 g/mol. The van der Waals surface area contributed by atoms with Crippen molar-refractivity contribution >= 4 is 21.0 Å². The molecular formula is C57H86N8O15S. The number of phenolic OH excluding ortho intramolecular Hbond substituents is 5. The highest BCUT2D eigenvalue weighted by Crippen LogP contribution is 2.28. The molecule has 0 bridgehead atoms. The predicted octanol–water partition coefficient (Wildman–Crippen LogP) is 3.74. The second-order valence-electron chi connectivity index (χ2n) is 22.9. The minimum atomic E-state index is -3.23. The second-order valence-corrected chi connectivity index (χ2v) is 25.0. The van der Waals surface area contributed by atoms with Crippen molar-refractivity contribution in [1.29, 1.82) is 0 Å². The fourth-order valence-electron chi connectivity index (χ4n) is 7.63. The number of phenols is 6. The Morgan fingerprint density at radius 2 is 0.951 bits per heavy atom. The maximum absolute atomic E-state index is 12.4. The van der Waals surface area contributed by atoms with Gasteiger partial charge in [-0.25, -0.2) is 18.2 Å². The summed E-state index contributed by atoms with van der Waals surface area (Å²) in [7, 11) is -0.228. The molecule has 81 heavy (non-hydrogen) atoms. The van der Waals surface area contributed by atoms with Crippen molar-refractivity contribution in [3.8, 4) is 34.5 Å². The van der Waals surface area contributed by atoms with Gasteiger partial charge in [0.15, 0.2) is 21.0 Å². The van der Waals surface area contributed by atoms with Gasteiger partial charge in [0.1, 0.15) is 34.5 Å². The smallest absolute Gasteiger partial charge is 0.332 e.